The lowest BCUT2D eigenvalue weighted by Crippen LogP contribution is -2.40. The van der Waals surface area contributed by atoms with Crippen LogP contribution in [0.3, 0.4) is 0 Å². The average Bonchev–Trinajstić information content (AvgIpc) is 2.99. The third kappa shape index (κ3) is 3.40. The van der Waals surface area contributed by atoms with Gasteiger partial charge in [0.15, 0.2) is 0 Å². The Kier molecular flexibility index (Phi) is 4.80. The van der Waals surface area contributed by atoms with E-state index >= 15 is 0 Å². The van der Waals surface area contributed by atoms with Gasteiger partial charge in [-0.3, -0.25) is 4.55 Å². The fraction of sp³-hybridized carbons (Fsp3) is 0.714. The van der Waals surface area contributed by atoms with Crippen LogP contribution in [0.15, 0.2) is 18.2 Å². The Hall–Kier alpha value is -1.11. The zero-order valence-corrected chi connectivity index (χ0v) is 17.3. The molecule has 4 atom stereocenters. The van der Waals surface area contributed by atoms with E-state index in [9.17, 15) is 13.0 Å². The molecule has 0 amide bonds. The second-order valence-corrected chi connectivity index (χ2v) is 10.5. The molecule has 3 aliphatic carbocycles. The Morgan fingerprint density at radius 1 is 1.22 bits per heavy atom. The number of hydrogen-bond acceptors (Lipinski definition) is 3. The van der Waals surface area contributed by atoms with Gasteiger partial charge in [0.05, 0.1) is 6.04 Å². The quantitative estimate of drug-likeness (QED) is 0.593. The Labute approximate surface area is 162 Å². The second kappa shape index (κ2) is 6.75. The molecule has 27 heavy (non-hydrogen) atoms. The van der Waals surface area contributed by atoms with Crippen LogP contribution in [0, 0.1) is 17.3 Å². The van der Waals surface area contributed by atoms with Gasteiger partial charge in [-0.15, -0.1) is 0 Å². The first-order valence-corrected chi connectivity index (χ1v) is 11.7. The Bertz CT molecular complexity index is 821. The smallest absolute Gasteiger partial charge is 0.367 e. The summed E-state index contributed by atoms with van der Waals surface area (Å²) < 4.78 is 33.1. The molecule has 0 bridgehead atoms. The van der Waals surface area contributed by atoms with Crippen LogP contribution in [0.4, 0.5) is 0 Å². The van der Waals surface area contributed by atoms with E-state index in [1.165, 1.54) is 49.7 Å². The van der Waals surface area contributed by atoms with Gasteiger partial charge in [0, 0.05) is 0 Å². The van der Waals surface area contributed by atoms with Gasteiger partial charge in [-0.25, -0.2) is 0 Å². The monoisotopic (exact) mass is 393 g/mol. The van der Waals surface area contributed by atoms with E-state index < -0.39 is 16.3 Å². The molecule has 1 aromatic rings. The SMILES string of the molecule is CC(C)N(Oc1ccc2c(c1)CC[C@@H]1[C@@H]2CC[C@]2(C)CCC[C@@H]12)S(=O)(=O)O. The van der Waals surface area contributed by atoms with Crippen LogP contribution >= 0.6 is 0 Å². The summed E-state index contributed by atoms with van der Waals surface area (Å²) in [6.07, 6.45) is 8.97. The molecular weight excluding hydrogens is 362 g/mol. The van der Waals surface area contributed by atoms with Crippen molar-refractivity contribution in [2.45, 2.75) is 77.7 Å². The summed E-state index contributed by atoms with van der Waals surface area (Å²) in [6.45, 7) is 5.83. The van der Waals surface area contributed by atoms with E-state index in [0.29, 0.717) is 21.6 Å². The molecule has 0 radical (unpaired) electrons. The fourth-order valence-corrected chi connectivity index (χ4v) is 6.84. The highest BCUT2D eigenvalue weighted by Crippen LogP contribution is 2.60. The number of benzene rings is 1. The van der Waals surface area contributed by atoms with Crippen molar-refractivity contribution in [3.05, 3.63) is 29.3 Å². The van der Waals surface area contributed by atoms with Gasteiger partial charge in [-0.1, -0.05) is 19.4 Å². The standard InChI is InChI=1S/C21H31NO4S/c1-14(2)22(27(23,24)25)26-16-7-9-17-15(13-16)6-8-19-18(17)10-12-21(3)11-4-5-20(19)21/h7,9,13-14,18-20H,4-6,8,10-12H2,1-3H3,(H,23,24,25)/t18-,19-,20+,21+/m1/s1. The molecule has 5 nitrogen and oxygen atoms in total. The summed E-state index contributed by atoms with van der Waals surface area (Å²) in [5, 5.41) is 0. The van der Waals surface area contributed by atoms with Crippen molar-refractivity contribution >= 4 is 10.3 Å². The summed E-state index contributed by atoms with van der Waals surface area (Å²) >= 11 is 0. The molecule has 0 aliphatic heterocycles. The van der Waals surface area contributed by atoms with Crippen molar-refractivity contribution in [2.24, 2.45) is 17.3 Å². The lowest BCUT2D eigenvalue weighted by atomic mass is 9.56. The first kappa shape index (κ1) is 19.2. The first-order chi connectivity index (χ1) is 12.7. The first-order valence-electron chi connectivity index (χ1n) is 10.3. The van der Waals surface area contributed by atoms with Gasteiger partial charge in [0.25, 0.3) is 0 Å². The second-order valence-electron chi connectivity index (χ2n) is 9.28. The van der Waals surface area contributed by atoms with Crippen LogP contribution in [-0.2, 0) is 16.7 Å². The maximum Gasteiger partial charge on any atom is 0.367 e. The van der Waals surface area contributed by atoms with Crippen molar-refractivity contribution in [3.8, 4) is 5.75 Å². The molecule has 1 N–H and O–H groups in total. The number of fused-ring (bicyclic) bond motifs is 5. The molecule has 0 unspecified atom stereocenters. The molecule has 2 fully saturated rings. The lowest BCUT2D eigenvalue weighted by molar-refractivity contribution is -0.00202. The summed E-state index contributed by atoms with van der Waals surface area (Å²) in [5.41, 5.74) is 3.25. The van der Waals surface area contributed by atoms with Crippen molar-refractivity contribution in [3.63, 3.8) is 0 Å². The average molecular weight is 394 g/mol. The van der Waals surface area contributed by atoms with Gasteiger partial charge in [0.1, 0.15) is 5.75 Å². The molecule has 0 aromatic heterocycles. The molecule has 6 heteroatoms. The van der Waals surface area contributed by atoms with Gasteiger partial charge in [0.2, 0.25) is 0 Å². The number of hydrogen-bond donors (Lipinski definition) is 1. The van der Waals surface area contributed by atoms with E-state index in [1.54, 1.807) is 13.8 Å². The van der Waals surface area contributed by atoms with Crippen LogP contribution in [0.1, 0.15) is 76.3 Å². The molecule has 2 saturated carbocycles. The highest BCUT2D eigenvalue weighted by molar-refractivity contribution is 7.83. The Balaban J connectivity index is 1.58. The van der Waals surface area contributed by atoms with Gasteiger partial charge >= 0.3 is 10.3 Å². The summed E-state index contributed by atoms with van der Waals surface area (Å²) in [5.74, 6) is 2.74. The molecule has 150 valence electrons. The van der Waals surface area contributed by atoms with E-state index in [4.69, 9.17) is 4.84 Å². The molecular formula is C21H31NO4S. The minimum Gasteiger partial charge on any atom is -0.389 e. The summed E-state index contributed by atoms with van der Waals surface area (Å²) in [4.78, 5) is 5.52. The van der Waals surface area contributed by atoms with E-state index in [1.807, 2.05) is 12.1 Å². The summed E-state index contributed by atoms with van der Waals surface area (Å²) in [6, 6.07) is 5.46. The largest absolute Gasteiger partial charge is 0.389 e. The van der Waals surface area contributed by atoms with Gasteiger partial charge in [-0.2, -0.15) is 8.42 Å². The molecule has 1 aromatic carbocycles. The number of hydroxylamine groups is 1. The highest BCUT2D eigenvalue weighted by Gasteiger charge is 2.50. The highest BCUT2D eigenvalue weighted by atomic mass is 32.2. The third-order valence-electron chi connectivity index (χ3n) is 7.32. The third-order valence-corrected chi connectivity index (χ3v) is 8.27. The topological polar surface area (TPSA) is 66.8 Å². The van der Waals surface area contributed by atoms with Crippen LogP contribution < -0.4 is 4.84 Å². The minimum absolute atomic E-state index is 0.472. The van der Waals surface area contributed by atoms with Crippen molar-refractivity contribution in [2.75, 3.05) is 0 Å². The van der Waals surface area contributed by atoms with Crippen molar-refractivity contribution < 1.29 is 17.8 Å². The lowest BCUT2D eigenvalue weighted by Gasteiger charge is -2.49. The van der Waals surface area contributed by atoms with Gasteiger partial charge < -0.3 is 4.84 Å². The number of rotatable bonds is 4. The summed E-state index contributed by atoms with van der Waals surface area (Å²) in [7, 11) is -4.41. The zero-order valence-electron chi connectivity index (χ0n) is 16.5. The van der Waals surface area contributed by atoms with Crippen molar-refractivity contribution in [1.29, 1.82) is 0 Å². The van der Waals surface area contributed by atoms with Crippen LogP contribution in [0.25, 0.3) is 0 Å². The van der Waals surface area contributed by atoms with Crippen molar-refractivity contribution in [1.82, 2.24) is 4.47 Å². The van der Waals surface area contributed by atoms with E-state index in [-0.39, 0.29) is 0 Å². The molecule has 3 aliphatic rings. The Morgan fingerprint density at radius 3 is 2.70 bits per heavy atom. The van der Waals surface area contributed by atoms with Crippen LogP contribution in [0.2, 0.25) is 0 Å². The predicted octanol–water partition coefficient (Wildman–Crippen LogP) is 4.74. The predicted molar refractivity (Wildman–Crippen MR) is 105 cm³/mol. The number of nitrogens with zero attached hydrogens (tertiary/aromatic N) is 1. The molecule has 0 spiro atoms. The fourth-order valence-electron chi connectivity index (χ4n) is 6.13. The van der Waals surface area contributed by atoms with E-state index in [0.717, 1.165) is 18.3 Å². The molecule has 0 heterocycles. The zero-order chi connectivity index (χ0) is 19.4. The van der Waals surface area contributed by atoms with Crippen LogP contribution in [-0.4, -0.2) is 23.5 Å². The maximum absolute atomic E-state index is 11.5. The maximum atomic E-state index is 11.5. The van der Waals surface area contributed by atoms with Crippen LogP contribution in [0.5, 0.6) is 5.75 Å². The Morgan fingerprint density at radius 2 is 2.00 bits per heavy atom. The molecule has 4 rings (SSSR count). The normalized spacial score (nSPS) is 32.9. The van der Waals surface area contributed by atoms with E-state index in [2.05, 4.69) is 13.0 Å². The molecule has 0 saturated heterocycles. The van der Waals surface area contributed by atoms with Gasteiger partial charge in [-0.05, 0) is 103 Å². The number of aryl methyl sites for hydroxylation is 1. The minimum atomic E-state index is -4.41.